The van der Waals surface area contributed by atoms with Crippen molar-refractivity contribution >= 4 is 21.6 Å². The number of hydrogen-bond donors (Lipinski definition) is 0. The first-order chi connectivity index (χ1) is 10.4. The lowest BCUT2D eigenvalue weighted by molar-refractivity contribution is -0.129. The van der Waals surface area contributed by atoms with E-state index in [1.54, 1.807) is 29.2 Å². The average molecular weight is 321 g/mol. The van der Waals surface area contributed by atoms with Gasteiger partial charge in [-0.15, -0.1) is 0 Å². The molecule has 1 amide bonds. The second-order valence-corrected chi connectivity index (χ2v) is 7.21. The first-order valence-electron chi connectivity index (χ1n) is 7.18. The van der Waals surface area contributed by atoms with Crippen molar-refractivity contribution < 1.29 is 13.2 Å². The Morgan fingerprint density at radius 2 is 1.95 bits per heavy atom. The lowest BCUT2D eigenvalue weighted by atomic mass is 10.2. The molecule has 6 nitrogen and oxygen atoms in total. The van der Waals surface area contributed by atoms with E-state index in [1.807, 2.05) is 6.07 Å². The van der Waals surface area contributed by atoms with E-state index in [9.17, 15) is 13.2 Å². The molecule has 1 aliphatic heterocycles. The maximum absolute atomic E-state index is 12.1. The maximum atomic E-state index is 12.1. The molecule has 0 aliphatic carbocycles. The normalized spacial score (nSPS) is 14.6. The molecule has 0 unspecified atom stereocenters. The zero-order valence-corrected chi connectivity index (χ0v) is 13.3. The molecule has 2 rings (SSSR count). The number of likely N-dealkylation sites (tertiary alicyclic amines) is 1. The zero-order chi connectivity index (χ0) is 16.2. The third kappa shape index (κ3) is 3.77. The summed E-state index contributed by atoms with van der Waals surface area (Å²) in [5.41, 5.74) is 0.600. The highest BCUT2D eigenvalue weighted by atomic mass is 32.2. The fourth-order valence-electron chi connectivity index (χ4n) is 2.57. The molecule has 1 fully saturated rings. The Bertz CT molecular complexity index is 688. The summed E-state index contributed by atoms with van der Waals surface area (Å²) in [6.45, 7) is 1.53. The third-order valence-electron chi connectivity index (χ3n) is 3.68. The number of para-hydroxylation sites is 1. The number of benzene rings is 1. The monoisotopic (exact) mass is 321 g/mol. The fraction of sp³-hybridized carbons (Fsp3) is 0.467. The van der Waals surface area contributed by atoms with Gasteiger partial charge in [-0.25, -0.2) is 8.42 Å². The van der Waals surface area contributed by atoms with E-state index in [0.29, 0.717) is 5.69 Å². The number of nitrogens with zero attached hydrogens (tertiary/aromatic N) is 3. The molecule has 0 saturated carbocycles. The van der Waals surface area contributed by atoms with Gasteiger partial charge in [-0.2, -0.15) is 5.26 Å². The lowest BCUT2D eigenvalue weighted by Crippen LogP contribution is -2.36. The summed E-state index contributed by atoms with van der Waals surface area (Å²) in [5, 5.41) is 9.14. The van der Waals surface area contributed by atoms with E-state index in [0.717, 1.165) is 36.5 Å². The third-order valence-corrected chi connectivity index (χ3v) is 4.86. The summed E-state index contributed by atoms with van der Waals surface area (Å²) in [7, 11) is -3.56. The highest BCUT2D eigenvalue weighted by Gasteiger charge is 2.23. The van der Waals surface area contributed by atoms with Gasteiger partial charge in [0, 0.05) is 26.1 Å². The molecule has 118 valence electrons. The lowest BCUT2D eigenvalue weighted by Gasteiger charge is -2.24. The summed E-state index contributed by atoms with van der Waals surface area (Å²) >= 11 is 0. The molecule has 0 spiro atoms. The SMILES string of the molecule is CS(=O)(=O)N(CCC(=O)N1CCCC1)c1ccccc1C#N. The van der Waals surface area contributed by atoms with Gasteiger partial charge in [0.1, 0.15) is 6.07 Å². The highest BCUT2D eigenvalue weighted by molar-refractivity contribution is 7.92. The van der Waals surface area contributed by atoms with Crippen LogP contribution in [0, 0.1) is 11.3 Å². The van der Waals surface area contributed by atoms with E-state index in [-0.39, 0.29) is 24.4 Å². The van der Waals surface area contributed by atoms with E-state index in [2.05, 4.69) is 0 Å². The van der Waals surface area contributed by atoms with Crippen LogP contribution in [0.2, 0.25) is 0 Å². The van der Waals surface area contributed by atoms with Crippen LogP contribution >= 0.6 is 0 Å². The van der Waals surface area contributed by atoms with Crippen LogP contribution in [0.15, 0.2) is 24.3 Å². The molecule has 1 aromatic carbocycles. The van der Waals surface area contributed by atoms with Gasteiger partial charge in [-0.3, -0.25) is 9.10 Å². The van der Waals surface area contributed by atoms with Crippen molar-refractivity contribution in [3.63, 3.8) is 0 Å². The minimum absolute atomic E-state index is 0.0411. The van der Waals surface area contributed by atoms with E-state index >= 15 is 0 Å². The number of sulfonamides is 1. The van der Waals surface area contributed by atoms with Crippen molar-refractivity contribution in [2.45, 2.75) is 19.3 Å². The van der Waals surface area contributed by atoms with Crippen molar-refractivity contribution in [1.82, 2.24) is 4.90 Å². The summed E-state index contributed by atoms with van der Waals surface area (Å²) in [6, 6.07) is 8.49. The molecule has 1 aromatic rings. The number of nitriles is 1. The van der Waals surface area contributed by atoms with E-state index < -0.39 is 10.0 Å². The van der Waals surface area contributed by atoms with Crippen molar-refractivity contribution in [3.05, 3.63) is 29.8 Å². The largest absolute Gasteiger partial charge is 0.343 e. The summed E-state index contributed by atoms with van der Waals surface area (Å²) in [6.07, 6.45) is 3.20. The van der Waals surface area contributed by atoms with Crippen LogP contribution in [0.5, 0.6) is 0 Å². The standard InChI is InChI=1S/C15H19N3O3S/c1-22(20,21)18(14-7-3-2-6-13(14)12-16)11-8-15(19)17-9-4-5-10-17/h2-3,6-7H,4-5,8-11H2,1H3. The predicted molar refractivity (Wildman–Crippen MR) is 83.8 cm³/mol. The zero-order valence-electron chi connectivity index (χ0n) is 12.5. The van der Waals surface area contributed by atoms with Crippen molar-refractivity contribution in [1.29, 1.82) is 5.26 Å². The van der Waals surface area contributed by atoms with Gasteiger partial charge in [0.2, 0.25) is 15.9 Å². The minimum atomic E-state index is -3.56. The molecule has 1 saturated heterocycles. The Hall–Kier alpha value is -2.07. The number of carbonyl (C=O) groups is 1. The van der Waals surface area contributed by atoms with E-state index in [1.165, 1.54) is 0 Å². The van der Waals surface area contributed by atoms with Gasteiger partial charge in [0.25, 0.3) is 0 Å². The maximum Gasteiger partial charge on any atom is 0.232 e. The van der Waals surface area contributed by atoms with Gasteiger partial charge in [-0.1, -0.05) is 12.1 Å². The molecule has 0 radical (unpaired) electrons. The smallest absolute Gasteiger partial charge is 0.232 e. The predicted octanol–water partition coefficient (Wildman–Crippen LogP) is 1.34. The molecule has 0 atom stereocenters. The van der Waals surface area contributed by atoms with Gasteiger partial charge >= 0.3 is 0 Å². The van der Waals surface area contributed by atoms with Crippen molar-refractivity contribution in [3.8, 4) is 6.07 Å². The quantitative estimate of drug-likeness (QED) is 0.819. The van der Waals surface area contributed by atoms with Gasteiger partial charge < -0.3 is 4.90 Å². The van der Waals surface area contributed by atoms with Crippen molar-refractivity contribution in [2.75, 3.05) is 30.2 Å². The van der Waals surface area contributed by atoms with Crippen LogP contribution in [0.1, 0.15) is 24.8 Å². The molecule has 0 N–H and O–H groups in total. The van der Waals surface area contributed by atoms with Gasteiger partial charge in [0.15, 0.2) is 0 Å². The van der Waals surface area contributed by atoms with Crippen LogP contribution in [0.25, 0.3) is 0 Å². The average Bonchev–Trinajstić information content (AvgIpc) is 3.00. The first kappa shape index (κ1) is 16.3. The number of carbonyl (C=O) groups excluding carboxylic acids is 1. The van der Waals surface area contributed by atoms with Crippen LogP contribution in [0.3, 0.4) is 0 Å². The van der Waals surface area contributed by atoms with Crippen LogP contribution in [0.4, 0.5) is 5.69 Å². The second kappa shape index (κ2) is 6.79. The summed E-state index contributed by atoms with van der Waals surface area (Å²) in [4.78, 5) is 13.9. The number of amides is 1. The summed E-state index contributed by atoms with van der Waals surface area (Å²) in [5.74, 6) is -0.0411. The Balaban J connectivity index is 2.17. The number of rotatable bonds is 5. The van der Waals surface area contributed by atoms with Gasteiger partial charge in [0.05, 0.1) is 17.5 Å². The Labute approximate surface area is 131 Å². The highest BCUT2D eigenvalue weighted by Crippen LogP contribution is 2.22. The minimum Gasteiger partial charge on any atom is -0.343 e. The Morgan fingerprint density at radius 1 is 1.32 bits per heavy atom. The number of hydrogen-bond acceptors (Lipinski definition) is 4. The van der Waals surface area contributed by atoms with Crippen LogP contribution in [-0.2, 0) is 14.8 Å². The molecular weight excluding hydrogens is 302 g/mol. The Morgan fingerprint density at radius 3 is 2.55 bits per heavy atom. The molecule has 7 heteroatoms. The van der Waals surface area contributed by atoms with Gasteiger partial charge in [-0.05, 0) is 25.0 Å². The van der Waals surface area contributed by atoms with Crippen molar-refractivity contribution in [2.24, 2.45) is 0 Å². The Kier molecular flexibility index (Phi) is 5.03. The molecule has 1 aliphatic rings. The fourth-order valence-corrected chi connectivity index (χ4v) is 3.51. The number of anilines is 1. The molecular formula is C15H19N3O3S. The topological polar surface area (TPSA) is 81.5 Å². The first-order valence-corrected chi connectivity index (χ1v) is 9.03. The van der Waals surface area contributed by atoms with Crippen LogP contribution < -0.4 is 4.31 Å². The van der Waals surface area contributed by atoms with Crippen LogP contribution in [-0.4, -0.2) is 45.1 Å². The molecule has 1 heterocycles. The summed E-state index contributed by atoms with van der Waals surface area (Å²) < 4.78 is 25.2. The molecule has 22 heavy (non-hydrogen) atoms. The molecule has 0 aromatic heterocycles. The van der Waals surface area contributed by atoms with E-state index in [4.69, 9.17) is 5.26 Å². The molecule has 0 bridgehead atoms. The second-order valence-electron chi connectivity index (χ2n) is 5.30.